The molecule has 0 aromatic heterocycles. The molecule has 0 saturated carbocycles. The smallest absolute Gasteiger partial charge is 0.189 e. The normalized spacial score (nSPS) is 20.5. The van der Waals surface area contributed by atoms with Crippen molar-refractivity contribution in [3.8, 4) is 0 Å². The highest BCUT2D eigenvalue weighted by Gasteiger charge is 2.33. The van der Waals surface area contributed by atoms with Gasteiger partial charge in [-0.05, 0) is 6.92 Å². The van der Waals surface area contributed by atoms with E-state index in [2.05, 4.69) is 0 Å². The summed E-state index contributed by atoms with van der Waals surface area (Å²) in [5, 5.41) is 34.8. The molecule has 0 bridgehead atoms. The zero-order valence-corrected chi connectivity index (χ0v) is 7.09. The summed E-state index contributed by atoms with van der Waals surface area (Å²) in [6, 6.07) is 0. The fraction of sp³-hybridized carbons (Fsp3) is 0.857. The standard InChI is InChI=1S/C7H13FO5/c1-3(10)5(8)7(13)6(12)4(11)2-9/h3,5-7,9-10,12-13H,2H2,1H3. The van der Waals surface area contributed by atoms with Crippen LogP contribution in [0, 0.1) is 0 Å². The van der Waals surface area contributed by atoms with Crippen molar-refractivity contribution >= 4 is 5.78 Å². The molecule has 0 spiro atoms. The predicted molar refractivity (Wildman–Crippen MR) is 40.7 cm³/mol. The minimum Gasteiger partial charge on any atom is -0.390 e. The molecule has 0 aliphatic carbocycles. The number of aliphatic hydroxyl groups is 4. The highest BCUT2D eigenvalue weighted by molar-refractivity contribution is 5.84. The first-order chi connectivity index (χ1) is 5.91. The van der Waals surface area contributed by atoms with Gasteiger partial charge in [-0.1, -0.05) is 0 Å². The van der Waals surface area contributed by atoms with E-state index in [1.807, 2.05) is 0 Å². The molecule has 5 nitrogen and oxygen atoms in total. The lowest BCUT2D eigenvalue weighted by Crippen LogP contribution is -2.45. The van der Waals surface area contributed by atoms with E-state index in [0.717, 1.165) is 6.92 Å². The molecule has 0 rings (SSSR count). The monoisotopic (exact) mass is 196 g/mol. The summed E-state index contributed by atoms with van der Waals surface area (Å²) >= 11 is 0. The van der Waals surface area contributed by atoms with Crippen LogP contribution in [0.4, 0.5) is 4.39 Å². The molecule has 0 aromatic carbocycles. The summed E-state index contributed by atoms with van der Waals surface area (Å²) in [4.78, 5) is 10.6. The van der Waals surface area contributed by atoms with Crippen molar-refractivity contribution in [3.63, 3.8) is 0 Å². The van der Waals surface area contributed by atoms with Gasteiger partial charge in [0, 0.05) is 0 Å². The lowest BCUT2D eigenvalue weighted by atomic mass is 10.0. The van der Waals surface area contributed by atoms with Crippen LogP contribution in [-0.2, 0) is 4.79 Å². The highest BCUT2D eigenvalue weighted by atomic mass is 19.1. The van der Waals surface area contributed by atoms with Gasteiger partial charge in [0.25, 0.3) is 0 Å². The van der Waals surface area contributed by atoms with Crippen molar-refractivity contribution in [2.24, 2.45) is 0 Å². The van der Waals surface area contributed by atoms with E-state index in [1.54, 1.807) is 0 Å². The second-order valence-electron chi connectivity index (χ2n) is 2.74. The van der Waals surface area contributed by atoms with Crippen LogP contribution < -0.4 is 0 Å². The molecule has 0 aromatic rings. The van der Waals surface area contributed by atoms with E-state index < -0.39 is 36.9 Å². The second-order valence-corrected chi connectivity index (χ2v) is 2.74. The van der Waals surface area contributed by atoms with Gasteiger partial charge < -0.3 is 20.4 Å². The molecule has 0 amide bonds. The molecule has 78 valence electrons. The summed E-state index contributed by atoms with van der Waals surface area (Å²) in [5.41, 5.74) is 0. The number of hydrogen-bond acceptors (Lipinski definition) is 5. The average molecular weight is 196 g/mol. The number of carbonyl (C=O) groups is 1. The van der Waals surface area contributed by atoms with Crippen LogP contribution in [0.3, 0.4) is 0 Å². The number of rotatable bonds is 5. The molecule has 4 unspecified atom stereocenters. The van der Waals surface area contributed by atoms with Crippen molar-refractivity contribution in [2.45, 2.75) is 31.4 Å². The molecule has 6 heteroatoms. The third-order valence-electron chi connectivity index (χ3n) is 1.60. The Balaban J connectivity index is 4.24. The molecular weight excluding hydrogens is 183 g/mol. The molecule has 0 fully saturated rings. The van der Waals surface area contributed by atoms with Gasteiger partial charge in [-0.25, -0.2) is 4.39 Å². The quantitative estimate of drug-likeness (QED) is 0.407. The lowest BCUT2D eigenvalue weighted by Gasteiger charge is -2.21. The van der Waals surface area contributed by atoms with Gasteiger partial charge in [-0.2, -0.15) is 0 Å². The SMILES string of the molecule is CC(O)C(F)C(O)C(O)C(=O)CO. The average Bonchev–Trinajstić information content (AvgIpc) is 2.12. The summed E-state index contributed by atoms with van der Waals surface area (Å²) in [6.07, 6.45) is -7.63. The number of carbonyl (C=O) groups excluding carboxylic acids is 1. The fourth-order valence-corrected chi connectivity index (χ4v) is 0.743. The van der Waals surface area contributed by atoms with Crippen LogP contribution in [0.2, 0.25) is 0 Å². The van der Waals surface area contributed by atoms with E-state index in [0.29, 0.717) is 0 Å². The summed E-state index contributed by atoms with van der Waals surface area (Å²) in [6.45, 7) is 0.0920. The topological polar surface area (TPSA) is 98.0 Å². The molecule has 0 aliphatic heterocycles. The Labute approximate surface area is 74.4 Å². The van der Waals surface area contributed by atoms with Crippen LogP contribution in [0.25, 0.3) is 0 Å². The maximum absolute atomic E-state index is 12.8. The number of Topliss-reactive ketones (excluding diaryl/α,β-unsaturated/α-hetero) is 1. The second kappa shape index (κ2) is 5.23. The van der Waals surface area contributed by atoms with E-state index in [1.165, 1.54) is 0 Å². The van der Waals surface area contributed by atoms with Gasteiger partial charge in [0.05, 0.1) is 6.10 Å². The van der Waals surface area contributed by atoms with E-state index >= 15 is 0 Å². The van der Waals surface area contributed by atoms with Crippen molar-refractivity contribution in [2.75, 3.05) is 6.61 Å². The highest BCUT2D eigenvalue weighted by Crippen LogP contribution is 2.09. The minimum absolute atomic E-state index is 0.981. The molecule has 4 atom stereocenters. The molecule has 0 radical (unpaired) electrons. The Hall–Kier alpha value is -0.560. The number of hydrogen-bond donors (Lipinski definition) is 4. The van der Waals surface area contributed by atoms with Crippen molar-refractivity contribution in [1.29, 1.82) is 0 Å². The van der Waals surface area contributed by atoms with E-state index in [9.17, 15) is 9.18 Å². The van der Waals surface area contributed by atoms with Crippen molar-refractivity contribution in [1.82, 2.24) is 0 Å². The van der Waals surface area contributed by atoms with Gasteiger partial charge in [-0.3, -0.25) is 4.79 Å². The number of halogens is 1. The number of ketones is 1. The molecule has 0 saturated heterocycles. The van der Waals surface area contributed by atoms with Gasteiger partial charge in [-0.15, -0.1) is 0 Å². The van der Waals surface area contributed by atoms with Crippen LogP contribution in [0.5, 0.6) is 0 Å². The van der Waals surface area contributed by atoms with Crippen LogP contribution in [0.1, 0.15) is 6.92 Å². The molecule has 0 aliphatic rings. The molecular formula is C7H13FO5. The Morgan fingerprint density at radius 1 is 1.38 bits per heavy atom. The van der Waals surface area contributed by atoms with Crippen LogP contribution in [0.15, 0.2) is 0 Å². The fourth-order valence-electron chi connectivity index (χ4n) is 0.743. The zero-order valence-electron chi connectivity index (χ0n) is 7.09. The largest absolute Gasteiger partial charge is 0.390 e. The number of alkyl halides is 1. The molecule has 0 heterocycles. The zero-order chi connectivity index (χ0) is 10.6. The third kappa shape index (κ3) is 3.35. The Morgan fingerprint density at radius 3 is 2.15 bits per heavy atom. The predicted octanol–water partition coefficient (Wildman–Crippen LogP) is -2.01. The van der Waals surface area contributed by atoms with Gasteiger partial charge in [0.1, 0.15) is 18.8 Å². The van der Waals surface area contributed by atoms with E-state index in [4.69, 9.17) is 20.4 Å². The first-order valence-electron chi connectivity index (χ1n) is 3.73. The van der Waals surface area contributed by atoms with Gasteiger partial charge >= 0.3 is 0 Å². The third-order valence-corrected chi connectivity index (χ3v) is 1.60. The summed E-state index contributed by atoms with van der Waals surface area (Å²) in [5.74, 6) is -1.09. The Kier molecular flexibility index (Phi) is 5.01. The molecule has 4 N–H and O–H groups in total. The summed E-state index contributed by atoms with van der Waals surface area (Å²) in [7, 11) is 0. The van der Waals surface area contributed by atoms with Crippen molar-refractivity contribution in [3.05, 3.63) is 0 Å². The molecule has 13 heavy (non-hydrogen) atoms. The van der Waals surface area contributed by atoms with Gasteiger partial charge in [0.15, 0.2) is 12.0 Å². The maximum atomic E-state index is 12.8. The lowest BCUT2D eigenvalue weighted by molar-refractivity contribution is -0.141. The van der Waals surface area contributed by atoms with Crippen molar-refractivity contribution < 1.29 is 29.6 Å². The van der Waals surface area contributed by atoms with Crippen LogP contribution >= 0.6 is 0 Å². The maximum Gasteiger partial charge on any atom is 0.189 e. The number of aliphatic hydroxyl groups excluding tert-OH is 4. The van der Waals surface area contributed by atoms with Crippen LogP contribution in [-0.4, -0.2) is 57.3 Å². The first kappa shape index (κ1) is 12.4. The Bertz CT molecular complexity index is 172. The van der Waals surface area contributed by atoms with Gasteiger partial charge in [0.2, 0.25) is 0 Å². The van der Waals surface area contributed by atoms with E-state index in [-0.39, 0.29) is 0 Å². The summed E-state index contributed by atoms with van der Waals surface area (Å²) < 4.78 is 12.8. The first-order valence-corrected chi connectivity index (χ1v) is 3.73. The Morgan fingerprint density at radius 2 is 1.85 bits per heavy atom. The minimum atomic E-state index is -2.12.